The molecule has 0 saturated heterocycles. The van der Waals surface area contributed by atoms with Crippen molar-refractivity contribution in [1.29, 1.82) is 0 Å². The van der Waals surface area contributed by atoms with E-state index in [2.05, 4.69) is 10.5 Å². The highest BCUT2D eigenvalue weighted by Crippen LogP contribution is 2.35. The van der Waals surface area contributed by atoms with Gasteiger partial charge >= 0.3 is 0 Å². The van der Waals surface area contributed by atoms with Gasteiger partial charge in [-0.15, -0.1) is 0 Å². The van der Waals surface area contributed by atoms with Crippen molar-refractivity contribution in [3.05, 3.63) is 29.8 Å². The lowest BCUT2D eigenvalue weighted by Gasteiger charge is -2.34. The zero-order valence-corrected chi connectivity index (χ0v) is 10.2. The zero-order chi connectivity index (χ0) is 12.5. The number of fused-ring (bicyclic) bond motifs is 1. The third-order valence-electron chi connectivity index (χ3n) is 3.92. The summed E-state index contributed by atoms with van der Waals surface area (Å²) in [7, 11) is 0. The molecule has 1 aromatic carbocycles. The SMILES string of the molecule is Nc1cccc(C2=NNC(=O)[C@@H]3CCCC[C@H]23)c1. The number of amides is 1. The second kappa shape index (κ2) is 4.44. The Morgan fingerprint density at radius 2 is 2.00 bits per heavy atom. The molecule has 0 aromatic heterocycles. The smallest absolute Gasteiger partial charge is 0.243 e. The van der Waals surface area contributed by atoms with Gasteiger partial charge in [-0.2, -0.15) is 5.10 Å². The normalized spacial score (nSPS) is 27.1. The van der Waals surface area contributed by atoms with E-state index in [0.717, 1.165) is 36.2 Å². The first-order chi connectivity index (χ1) is 8.75. The molecular formula is C14H17N3O. The van der Waals surface area contributed by atoms with Crippen molar-refractivity contribution >= 4 is 17.3 Å². The molecule has 18 heavy (non-hydrogen) atoms. The van der Waals surface area contributed by atoms with Crippen LogP contribution in [0, 0.1) is 11.8 Å². The molecule has 4 heteroatoms. The number of nitrogens with zero attached hydrogens (tertiary/aromatic N) is 1. The van der Waals surface area contributed by atoms with Gasteiger partial charge in [-0.25, -0.2) is 5.43 Å². The van der Waals surface area contributed by atoms with E-state index in [1.807, 2.05) is 24.3 Å². The largest absolute Gasteiger partial charge is 0.399 e. The Hall–Kier alpha value is -1.84. The van der Waals surface area contributed by atoms with Crippen LogP contribution in [0.15, 0.2) is 29.4 Å². The van der Waals surface area contributed by atoms with Gasteiger partial charge in [-0.3, -0.25) is 4.79 Å². The number of carbonyl (C=O) groups excluding carboxylic acids is 1. The monoisotopic (exact) mass is 243 g/mol. The molecule has 1 aliphatic carbocycles. The average molecular weight is 243 g/mol. The number of rotatable bonds is 1. The van der Waals surface area contributed by atoms with Crippen molar-refractivity contribution < 1.29 is 4.79 Å². The number of carbonyl (C=O) groups is 1. The van der Waals surface area contributed by atoms with Crippen LogP contribution in [-0.2, 0) is 4.79 Å². The second-order valence-corrected chi connectivity index (χ2v) is 5.10. The van der Waals surface area contributed by atoms with Crippen LogP contribution in [0.3, 0.4) is 0 Å². The number of nitrogen functional groups attached to an aromatic ring is 1. The number of hydrazone groups is 1. The summed E-state index contributed by atoms with van der Waals surface area (Å²) in [5, 5.41) is 4.27. The molecule has 4 nitrogen and oxygen atoms in total. The minimum atomic E-state index is 0.0763. The number of benzene rings is 1. The van der Waals surface area contributed by atoms with E-state index < -0.39 is 0 Å². The summed E-state index contributed by atoms with van der Waals surface area (Å²) in [6.45, 7) is 0. The molecule has 0 bridgehead atoms. The van der Waals surface area contributed by atoms with Crippen LogP contribution >= 0.6 is 0 Å². The maximum Gasteiger partial charge on any atom is 0.243 e. The molecule has 94 valence electrons. The van der Waals surface area contributed by atoms with Gasteiger partial charge in [0.25, 0.3) is 0 Å². The van der Waals surface area contributed by atoms with E-state index in [-0.39, 0.29) is 17.7 Å². The quantitative estimate of drug-likeness (QED) is 0.740. The van der Waals surface area contributed by atoms with Gasteiger partial charge < -0.3 is 5.73 Å². The van der Waals surface area contributed by atoms with Crippen LogP contribution in [0.25, 0.3) is 0 Å². The highest BCUT2D eigenvalue weighted by molar-refractivity contribution is 6.07. The van der Waals surface area contributed by atoms with Crippen LogP contribution in [-0.4, -0.2) is 11.6 Å². The Morgan fingerprint density at radius 3 is 2.78 bits per heavy atom. The lowest BCUT2D eigenvalue weighted by Crippen LogP contribution is -2.43. The van der Waals surface area contributed by atoms with Crippen LogP contribution in [0.4, 0.5) is 5.69 Å². The zero-order valence-electron chi connectivity index (χ0n) is 10.2. The Balaban J connectivity index is 1.98. The van der Waals surface area contributed by atoms with Crippen LogP contribution in [0.5, 0.6) is 0 Å². The molecule has 1 amide bonds. The molecule has 0 radical (unpaired) electrons. The Bertz CT molecular complexity index is 510. The number of nitrogens with two attached hydrogens (primary N) is 1. The van der Waals surface area contributed by atoms with E-state index in [1.165, 1.54) is 6.42 Å². The highest BCUT2D eigenvalue weighted by atomic mass is 16.2. The van der Waals surface area contributed by atoms with E-state index in [4.69, 9.17) is 5.73 Å². The molecule has 1 aliphatic heterocycles. The Kier molecular flexibility index (Phi) is 2.78. The van der Waals surface area contributed by atoms with Crippen LogP contribution in [0.1, 0.15) is 31.2 Å². The molecule has 1 saturated carbocycles. The molecular weight excluding hydrogens is 226 g/mol. The molecule has 3 N–H and O–H groups in total. The first-order valence-electron chi connectivity index (χ1n) is 6.49. The standard InChI is InChI=1S/C14H17N3O/c15-10-5-3-4-9(8-10)13-11-6-1-2-7-12(11)14(18)17-16-13/h3-5,8,11-12H,1-2,6-7,15H2,(H,17,18)/t11-,12+/m0/s1. The summed E-state index contributed by atoms with van der Waals surface area (Å²) in [6, 6.07) is 7.74. The van der Waals surface area contributed by atoms with Crippen molar-refractivity contribution in [1.82, 2.24) is 5.43 Å². The summed E-state index contributed by atoms with van der Waals surface area (Å²) in [5.74, 6) is 0.425. The van der Waals surface area contributed by atoms with Crippen molar-refractivity contribution in [2.24, 2.45) is 16.9 Å². The molecule has 0 spiro atoms. The predicted molar refractivity (Wildman–Crippen MR) is 71.0 cm³/mol. The fraction of sp³-hybridized carbons (Fsp3) is 0.429. The van der Waals surface area contributed by atoms with Crippen molar-refractivity contribution in [2.45, 2.75) is 25.7 Å². The van der Waals surface area contributed by atoms with Crippen LogP contribution < -0.4 is 11.2 Å². The first-order valence-corrected chi connectivity index (χ1v) is 6.49. The second-order valence-electron chi connectivity index (χ2n) is 5.10. The number of hydrogen-bond donors (Lipinski definition) is 2. The van der Waals surface area contributed by atoms with Gasteiger partial charge in [-0.05, 0) is 25.0 Å². The third-order valence-corrected chi connectivity index (χ3v) is 3.92. The molecule has 0 unspecified atom stereocenters. The van der Waals surface area contributed by atoms with E-state index in [9.17, 15) is 4.79 Å². The van der Waals surface area contributed by atoms with Gasteiger partial charge in [0.2, 0.25) is 5.91 Å². The Labute approximate surface area is 106 Å². The minimum absolute atomic E-state index is 0.0763. The van der Waals surface area contributed by atoms with E-state index >= 15 is 0 Å². The summed E-state index contributed by atoms with van der Waals surface area (Å²) in [6.07, 6.45) is 4.33. The molecule has 2 aliphatic rings. The molecule has 3 rings (SSSR count). The lowest BCUT2D eigenvalue weighted by atomic mass is 9.74. The summed E-state index contributed by atoms with van der Waals surface area (Å²) in [4.78, 5) is 11.8. The van der Waals surface area contributed by atoms with Gasteiger partial charge in [0.05, 0.1) is 5.71 Å². The van der Waals surface area contributed by atoms with Gasteiger partial charge in [0, 0.05) is 23.1 Å². The molecule has 1 heterocycles. The lowest BCUT2D eigenvalue weighted by molar-refractivity contribution is -0.127. The summed E-state index contributed by atoms with van der Waals surface area (Å²) in [5.41, 5.74) is 11.2. The maximum atomic E-state index is 11.8. The van der Waals surface area contributed by atoms with Crippen LogP contribution in [0.2, 0.25) is 0 Å². The summed E-state index contributed by atoms with van der Waals surface area (Å²) < 4.78 is 0. The predicted octanol–water partition coefficient (Wildman–Crippen LogP) is 1.91. The fourth-order valence-electron chi connectivity index (χ4n) is 3.03. The van der Waals surface area contributed by atoms with Crippen molar-refractivity contribution in [2.75, 3.05) is 5.73 Å². The van der Waals surface area contributed by atoms with Crippen molar-refractivity contribution in [3.63, 3.8) is 0 Å². The maximum absolute atomic E-state index is 11.8. The van der Waals surface area contributed by atoms with Gasteiger partial charge in [-0.1, -0.05) is 25.0 Å². The highest BCUT2D eigenvalue weighted by Gasteiger charge is 2.37. The Morgan fingerprint density at radius 1 is 1.22 bits per heavy atom. The van der Waals surface area contributed by atoms with E-state index in [0.29, 0.717) is 0 Å². The minimum Gasteiger partial charge on any atom is -0.399 e. The molecule has 1 aromatic rings. The number of anilines is 1. The number of hydrogen-bond acceptors (Lipinski definition) is 3. The molecule has 2 atom stereocenters. The number of nitrogens with one attached hydrogen (secondary N) is 1. The van der Waals surface area contributed by atoms with Gasteiger partial charge in [0.1, 0.15) is 0 Å². The van der Waals surface area contributed by atoms with Gasteiger partial charge in [0.15, 0.2) is 0 Å². The van der Waals surface area contributed by atoms with E-state index in [1.54, 1.807) is 0 Å². The summed E-state index contributed by atoms with van der Waals surface area (Å²) >= 11 is 0. The van der Waals surface area contributed by atoms with Crippen molar-refractivity contribution in [3.8, 4) is 0 Å². The fourth-order valence-corrected chi connectivity index (χ4v) is 3.03. The first kappa shape index (κ1) is 11.3. The average Bonchev–Trinajstić information content (AvgIpc) is 2.39. The molecule has 1 fully saturated rings. The topological polar surface area (TPSA) is 67.5 Å². The third kappa shape index (κ3) is 1.88.